The summed E-state index contributed by atoms with van der Waals surface area (Å²) < 4.78 is 13.6. The molecule has 3 atom stereocenters. The quantitative estimate of drug-likeness (QED) is 0.546. The molecule has 3 aromatic rings. The molecule has 34 heavy (non-hydrogen) atoms. The van der Waals surface area contributed by atoms with E-state index in [1.807, 2.05) is 26.0 Å². The van der Waals surface area contributed by atoms with Crippen molar-refractivity contribution in [1.29, 1.82) is 5.26 Å². The van der Waals surface area contributed by atoms with Gasteiger partial charge in [0.25, 0.3) is 5.56 Å². The molecule has 0 aliphatic carbocycles. The molecule has 0 aromatic carbocycles. The van der Waals surface area contributed by atoms with Gasteiger partial charge in [-0.15, -0.1) is 0 Å². The second kappa shape index (κ2) is 9.72. The van der Waals surface area contributed by atoms with Crippen molar-refractivity contribution in [2.75, 3.05) is 11.4 Å². The third-order valence-corrected chi connectivity index (χ3v) is 6.43. The van der Waals surface area contributed by atoms with Crippen LogP contribution < -0.4 is 19.9 Å². The highest BCUT2D eigenvalue weighted by atomic mass is 16.5. The minimum atomic E-state index is -0.0967. The van der Waals surface area contributed by atoms with Gasteiger partial charge < -0.3 is 18.9 Å². The lowest BCUT2D eigenvalue weighted by Gasteiger charge is -2.43. The van der Waals surface area contributed by atoms with E-state index in [2.05, 4.69) is 34.8 Å². The lowest BCUT2D eigenvalue weighted by molar-refractivity contribution is 0.0911. The van der Waals surface area contributed by atoms with Crippen LogP contribution in [0.25, 0.3) is 11.0 Å². The SMILES string of the molecule is CCC1CN(c2cc(=O)n(C)c3ccc(C#N)nc23)[C@H](C)C[C@H]1Oc1ccc(OC(C)C)cn1. The van der Waals surface area contributed by atoms with Crippen molar-refractivity contribution in [3.05, 3.63) is 52.6 Å². The van der Waals surface area contributed by atoms with Crippen LogP contribution in [0.5, 0.6) is 11.6 Å². The fourth-order valence-electron chi connectivity index (χ4n) is 4.60. The predicted octanol–water partition coefficient (Wildman–Crippen LogP) is 4.06. The van der Waals surface area contributed by atoms with Gasteiger partial charge >= 0.3 is 0 Å². The molecule has 0 bridgehead atoms. The Balaban J connectivity index is 1.61. The van der Waals surface area contributed by atoms with E-state index >= 15 is 0 Å². The molecule has 0 radical (unpaired) electrons. The van der Waals surface area contributed by atoms with E-state index in [9.17, 15) is 10.1 Å². The van der Waals surface area contributed by atoms with Gasteiger partial charge in [0.05, 0.1) is 23.5 Å². The molecule has 0 N–H and O–H groups in total. The highest BCUT2D eigenvalue weighted by Gasteiger charge is 2.35. The fraction of sp³-hybridized carbons (Fsp3) is 0.462. The number of ether oxygens (including phenoxy) is 2. The van der Waals surface area contributed by atoms with Gasteiger partial charge in [-0.25, -0.2) is 9.97 Å². The van der Waals surface area contributed by atoms with Crippen LogP contribution in [0.3, 0.4) is 0 Å². The number of rotatable bonds is 6. The summed E-state index contributed by atoms with van der Waals surface area (Å²) in [4.78, 5) is 23.9. The summed E-state index contributed by atoms with van der Waals surface area (Å²) in [6, 6.07) is 11.0. The molecule has 178 valence electrons. The summed E-state index contributed by atoms with van der Waals surface area (Å²) in [5, 5.41) is 9.36. The van der Waals surface area contributed by atoms with Crippen molar-refractivity contribution in [3.63, 3.8) is 0 Å². The number of aryl methyl sites for hydroxylation is 1. The Bertz CT molecular complexity index is 1260. The number of nitriles is 1. The number of hydrogen-bond donors (Lipinski definition) is 0. The van der Waals surface area contributed by atoms with Crippen molar-refractivity contribution in [1.82, 2.24) is 14.5 Å². The molecule has 8 nitrogen and oxygen atoms in total. The van der Waals surface area contributed by atoms with Crippen molar-refractivity contribution >= 4 is 16.7 Å². The summed E-state index contributed by atoms with van der Waals surface area (Å²) in [6.07, 6.45) is 3.48. The van der Waals surface area contributed by atoms with Crippen LogP contribution in [0, 0.1) is 17.2 Å². The van der Waals surface area contributed by atoms with Gasteiger partial charge in [0.15, 0.2) is 0 Å². The summed E-state index contributed by atoms with van der Waals surface area (Å²) in [6.45, 7) is 8.96. The summed E-state index contributed by atoms with van der Waals surface area (Å²) in [7, 11) is 1.73. The first kappa shape index (κ1) is 23.6. The third-order valence-electron chi connectivity index (χ3n) is 6.43. The van der Waals surface area contributed by atoms with Crippen LogP contribution in [0.15, 0.2) is 41.3 Å². The minimum Gasteiger partial charge on any atom is -0.489 e. The molecule has 4 heterocycles. The zero-order valence-corrected chi connectivity index (χ0v) is 20.4. The van der Waals surface area contributed by atoms with Crippen LogP contribution in [-0.4, -0.2) is 39.3 Å². The molecular weight excluding hydrogens is 430 g/mol. The average Bonchev–Trinajstić information content (AvgIpc) is 2.82. The Morgan fingerprint density at radius 3 is 2.71 bits per heavy atom. The largest absolute Gasteiger partial charge is 0.489 e. The van der Waals surface area contributed by atoms with Crippen molar-refractivity contribution in [2.24, 2.45) is 13.0 Å². The Kier molecular flexibility index (Phi) is 6.73. The standard InChI is InChI=1S/C26H31N5O3/c1-6-18-15-31(22-12-25(32)30(5)21-9-7-19(13-27)29-26(21)22)17(4)11-23(18)34-24-10-8-20(14-28-24)33-16(2)3/h7-10,12,14,16-18,23H,6,11,15H2,1-5H3/t17-,18?,23-/m1/s1. The lowest BCUT2D eigenvalue weighted by atomic mass is 9.88. The van der Waals surface area contributed by atoms with Gasteiger partial charge in [-0.2, -0.15) is 5.26 Å². The fourth-order valence-corrected chi connectivity index (χ4v) is 4.60. The summed E-state index contributed by atoms with van der Waals surface area (Å²) >= 11 is 0. The minimum absolute atomic E-state index is 0.000977. The maximum Gasteiger partial charge on any atom is 0.252 e. The molecule has 0 spiro atoms. The topological polar surface area (TPSA) is 93.3 Å². The zero-order chi connectivity index (χ0) is 24.4. The number of piperidine rings is 1. The number of aromatic nitrogens is 3. The molecule has 4 rings (SSSR count). The molecule has 1 aliphatic heterocycles. The Morgan fingerprint density at radius 1 is 1.26 bits per heavy atom. The molecule has 1 aliphatic rings. The number of anilines is 1. The molecule has 8 heteroatoms. The van der Waals surface area contributed by atoms with Crippen molar-refractivity contribution in [2.45, 2.75) is 58.8 Å². The smallest absolute Gasteiger partial charge is 0.252 e. The molecule has 1 unspecified atom stereocenters. The average molecular weight is 462 g/mol. The first-order chi connectivity index (χ1) is 16.3. The van der Waals surface area contributed by atoms with Crippen molar-refractivity contribution < 1.29 is 9.47 Å². The molecule has 3 aromatic heterocycles. The van der Waals surface area contributed by atoms with E-state index in [1.54, 1.807) is 36.0 Å². The van der Waals surface area contributed by atoms with Gasteiger partial charge in [-0.05, 0) is 45.4 Å². The van der Waals surface area contributed by atoms with Crippen LogP contribution in [0.1, 0.15) is 46.2 Å². The molecule has 0 saturated carbocycles. The van der Waals surface area contributed by atoms with Gasteiger partial charge in [0.1, 0.15) is 29.1 Å². The van der Waals surface area contributed by atoms with Gasteiger partial charge in [-0.1, -0.05) is 6.92 Å². The zero-order valence-electron chi connectivity index (χ0n) is 20.4. The summed E-state index contributed by atoms with van der Waals surface area (Å²) in [5.74, 6) is 1.54. The number of nitrogens with zero attached hydrogens (tertiary/aromatic N) is 5. The van der Waals surface area contributed by atoms with E-state index in [1.165, 1.54) is 0 Å². The molecule has 0 amide bonds. The van der Waals surface area contributed by atoms with Crippen LogP contribution in [0.4, 0.5) is 5.69 Å². The van der Waals surface area contributed by atoms with E-state index in [4.69, 9.17) is 9.47 Å². The second-order valence-electron chi connectivity index (χ2n) is 9.16. The Morgan fingerprint density at radius 2 is 2.06 bits per heavy atom. The highest BCUT2D eigenvalue weighted by Crippen LogP contribution is 2.34. The lowest BCUT2D eigenvalue weighted by Crippen LogP contribution is -2.50. The van der Waals surface area contributed by atoms with Crippen LogP contribution >= 0.6 is 0 Å². The maximum absolute atomic E-state index is 12.7. The maximum atomic E-state index is 12.7. The van der Waals surface area contributed by atoms with Gasteiger partial charge in [0.2, 0.25) is 5.88 Å². The second-order valence-corrected chi connectivity index (χ2v) is 9.16. The van der Waals surface area contributed by atoms with E-state index < -0.39 is 0 Å². The third kappa shape index (κ3) is 4.69. The number of fused-ring (bicyclic) bond motifs is 1. The van der Waals surface area contributed by atoms with E-state index in [-0.39, 0.29) is 29.7 Å². The molecule has 1 saturated heterocycles. The Hall–Kier alpha value is -3.60. The van der Waals surface area contributed by atoms with Gasteiger partial charge in [0, 0.05) is 44.1 Å². The van der Waals surface area contributed by atoms with E-state index in [0.717, 1.165) is 30.8 Å². The predicted molar refractivity (Wildman–Crippen MR) is 131 cm³/mol. The normalized spacial score (nSPS) is 20.4. The first-order valence-electron chi connectivity index (χ1n) is 11.8. The highest BCUT2D eigenvalue weighted by molar-refractivity contribution is 5.88. The number of pyridine rings is 3. The van der Waals surface area contributed by atoms with Crippen LogP contribution in [0.2, 0.25) is 0 Å². The Labute approximate surface area is 199 Å². The molecule has 1 fully saturated rings. The molecular formula is C26H31N5O3. The monoisotopic (exact) mass is 461 g/mol. The van der Waals surface area contributed by atoms with Crippen molar-refractivity contribution in [3.8, 4) is 17.7 Å². The van der Waals surface area contributed by atoms with Crippen LogP contribution in [-0.2, 0) is 7.05 Å². The van der Waals surface area contributed by atoms with E-state index in [0.29, 0.717) is 22.6 Å². The number of hydrogen-bond acceptors (Lipinski definition) is 7. The first-order valence-corrected chi connectivity index (χ1v) is 11.8. The van der Waals surface area contributed by atoms with Gasteiger partial charge in [-0.3, -0.25) is 4.79 Å². The summed E-state index contributed by atoms with van der Waals surface area (Å²) in [5.41, 5.74) is 2.40.